The highest BCUT2D eigenvalue weighted by Crippen LogP contribution is 2.28. The van der Waals surface area contributed by atoms with Crippen LogP contribution in [0.2, 0.25) is 0 Å². The fourth-order valence-electron chi connectivity index (χ4n) is 1.23. The van der Waals surface area contributed by atoms with Gasteiger partial charge >= 0.3 is 0 Å². The summed E-state index contributed by atoms with van der Waals surface area (Å²) in [6, 6.07) is 0. The maximum absolute atomic E-state index is 9.82. The predicted molar refractivity (Wildman–Crippen MR) is 59.4 cm³/mol. The van der Waals surface area contributed by atoms with E-state index in [1.807, 2.05) is 20.8 Å². The van der Waals surface area contributed by atoms with Crippen LogP contribution in [-0.4, -0.2) is 16.6 Å². The smallest absolute Gasteiger partial charge is 0.122 e. The molecule has 0 radical (unpaired) electrons. The molecule has 0 saturated carbocycles. The first-order valence-electron chi connectivity index (χ1n) is 4.90. The Morgan fingerprint density at radius 3 is 2.64 bits per heavy atom. The van der Waals surface area contributed by atoms with E-state index < -0.39 is 6.10 Å². The lowest BCUT2D eigenvalue weighted by molar-refractivity contribution is 0.126. The molecule has 1 atom stereocenters. The summed E-state index contributed by atoms with van der Waals surface area (Å²) in [5.74, 6) is 0.214. The lowest BCUT2D eigenvalue weighted by Gasteiger charge is -2.10. The lowest BCUT2D eigenvalue weighted by Crippen LogP contribution is -2.04. The lowest BCUT2D eigenvalue weighted by atomic mass is 10.1. The molecule has 14 heavy (non-hydrogen) atoms. The predicted octanol–water partition coefficient (Wildman–Crippen LogP) is 1.64. The quantitative estimate of drug-likeness (QED) is 0.801. The second-order valence-corrected chi connectivity index (χ2v) is 4.90. The summed E-state index contributed by atoms with van der Waals surface area (Å²) in [5.41, 5.74) is 6.50. The van der Waals surface area contributed by atoms with Crippen molar-refractivity contribution in [2.75, 3.05) is 6.54 Å². The van der Waals surface area contributed by atoms with E-state index in [0.717, 1.165) is 17.1 Å². The van der Waals surface area contributed by atoms with Gasteiger partial charge in [0.05, 0.1) is 5.69 Å². The molecule has 0 fully saturated rings. The van der Waals surface area contributed by atoms with E-state index in [9.17, 15) is 5.11 Å². The van der Waals surface area contributed by atoms with E-state index in [1.165, 1.54) is 4.88 Å². The third-order valence-electron chi connectivity index (χ3n) is 2.17. The summed E-state index contributed by atoms with van der Waals surface area (Å²) in [4.78, 5) is 5.56. The van der Waals surface area contributed by atoms with Gasteiger partial charge in [0.2, 0.25) is 0 Å². The van der Waals surface area contributed by atoms with Crippen LogP contribution >= 0.6 is 11.3 Å². The third-order valence-corrected chi connectivity index (χ3v) is 3.45. The Kier molecular flexibility index (Phi) is 4.04. The van der Waals surface area contributed by atoms with Gasteiger partial charge in [0.25, 0.3) is 0 Å². The number of aliphatic hydroxyl groups is 1. The minimum atomic E-state index is -0.440. The molecule has 0 aliphatic rings. The van der Waals surface area contributed by atoms with Gasteiger partial charge in [-0.25, -0.2) is 4.98 Å². The number of nitrogens with zero attached hydrogens (tertiary/aromatic N) is 1. The first-order valence-corrected chi connectivity index (χ1v) is 5.72. The molecule has 1 aromatic rings. The van der Waals surface area contributed by atoms with E-state index >= 15 is 0 Å². The molecule has 80 valence electrons. The van der Waals surface area contributed by atoms with Gasteiger partial charge in [0.15, 0.2) is 0 Å². The molecular formula is C10H18N2OS. The van der Waals surface area contributed by atoms with Crippen molar-refractivity contribution in [3.8, 4) is 0 Å². The summed E-state index contributed by atoms with van der Waals surface area (Å²) < 4.78 is 0. The zero-order valence-electron chi connectivity index (χ0n) is 8.95. The fourth-order valence-corrected chi connectivity index (χ4v) is 2.47. The van der Waals surface area contributed by atoms with Crippen molar-refractivity contribution in [2.24, 2.45) is 11.7 Å². The summed E-state index contributed by atoms with van der Waals surface area (Å²) in [6.07, 6.45) is 0.416. The van der Waals surface area contributed by atoms with E-state index in [2.05, 4.69) is 4.98 Å². The Balaban J connectivity index is 2.84. The van der Waals surface area contributed by atoms with Crippen LogP contribution in [0.25, 0.3) is 0 Å². The van der Waals surface area contributed by atoms with Gasteiger partial charge in [-0.2, -0.15) is 0 Å². The SMILES string of the molecule is Cc1nc(C(O)C(C)C)sc1CCN. The number of hydrogen-bond acceptors (Lipinski definition) is 4. The van der Waals surface area contributed by atoms with Crippen LogP contribution in [0.5, 0.6) is 0 Å². The average molecular weight is 214 g/mol. The third kappa shape index (κ3) is 2.53. The monoisotopic (exact) mass is 214 g/mol. The number of thiazole rings is 1. The Morgan fingerprint density at radius 1 is 1.50 bits per heavy atom. The summed E-state index contributed by atoms with van der Waals surface area (Å²) in [6.45, 7) is 6.59. The van der Waals surface area contributed by atoms with Gasteiger partial charge in [-0.15, -0.1) is 11.3 Å². The minimum absolute atomic E-state index is 0.214. The Bertz CT molecular complexity index is 296. The van der Waals surface area contributed by atoms with Crippen LogP contribution < -0.4 is 5.73 Å². The molecule has 1 rings (SSSR count). The second kappa shape index (κ2) is 4.87. The van der Waals surface area contributed by atoms with Crippen LogP contribution in [-0.2, 0) is 6.42 Å². The average Bonchev–Trinajstić information content (AvgIpc) is 2.47. The highest BCUT2D eigenvalue weighted by molar-refractivity contribution is 7.11. The number of hydrogen-bond donors (Lipinski definition) is 2. The molecule has 1 unspecified atom stereocenters. The van der Waals surface area contributed by atoms with Gasteiger partial charge in [-0.1, -0.05) is 13.8 Å². The van der Waals surface area contributed by atoms with Crippen molar-refractivity contribution in [3.63, 3.8) is 0 Å². The van der Waals surface area contributed by atoms with Crippen molar-refractivity contribution in [3.05, 3.63) is 15.6 Å². The molecule has 3 nitrogen and oxygen atoms in total. The van der Waals surface area contributed by atoms with Gasteiger partial charge in [-0.05, 0) is 25.8 Å². The van der Waals surface area contributed by atoms with Crippen molar-refractivity contribution < 1.29 is 5.11 Å². The topological polar surface area (TPSA) is 59.1 Å². The van der Waals surface area contributed by atoms with Crippen LogP contribution in [0.3, 0.4) is 0 Å². The Hall–Kier alpha value is -0.450. The molecule has 0 aliphatic carbocycles. The maximum atomic E-state index is 9.82. The molecule has 0 saturated heterocycles. The molecular weight excluding hydrogens is 196 g/mol. The molecule has 0 bridgehead atoms. The van der Waals surface area contributed by atoms with Crippen LogP contribution in [0, 0.1) is 12.8 Å². The van der Waals surface area contributed by atoms with E-state index in [0.29, 0.717) is 6.54 Å². The van der Waals surface area contributed by atoms with Crippen molar-refractivity contribution in [1.29, 1.82) is 0 Å². The number of rotatable bonds is 4. The first kappa shape index (κ1) is 11.6. The van der Waals surface area contributed by atoms with E-state index in [1.54, 1.807) is 11.3 Å². The normalized spacial score (nSPS) is 13.6. The van der Waals surface area contributed by atoms with Gasteiger partial charge < -0.3 is 10.8 Å². The number of aromatic nitrogens is 1. The first-order chi connectivity index (χ1) is 6.56. The molecule has 1 heterocycles. The Labute approximate surface area is 89.0 Å². The number of aliphatic hydroxyl groups excluding tert-OH is 1. The zero-order valence-corrected chi connectivity index (χ0v) is 9.77. The van der Waals surface area contributed by atoms with Crippen molar-refractivity contribution in [1.82, 2.24) is 4.98 Å². The summed E-state index contributed by atoms with van der Waals surface area (Å²) in [5, 5.41) is 10.6. The molecule has 0 amide bonds. The van der Waals surface area contributed by atoms with E-state index in [4.69, 9.17) is 5.73 Å². The highest BCUT2D eigenvalue weighted by Gasteiger charge is 2.17. The second-order valence-electron chi connectivity index (χ2n) is 3.79. The van der Waals surface area contributed by atoms with Crippen LogP contribution in [0.4, 0.5) is 0 Å². The molecule has 3 N–H and O–H groups in total. The standard InChI is InChI=1S/C10H18N2OS/c1-6(2)9(13)10-12-7(3)8(14-10)4-5-11/h6,9,13H,4-5,11H2,1-3H3. The molecule has 0 spiro atoms. The fraction of sp³-hybridized carbons (Fsp3) is 0.700. The van der Waals surface area contributed by atoms with Gasteiger partial charge in [0.1, 0.15) is 11.1 Å². The van der Waals surface area contributed by atoms with E-state index in [-0.39, 0.29) is 5.92 Å². The van der Waals surface area contributed by atoms with Crippen molar-refractivity contribution in [2.45, 2.75) is 33.3 Å². The molecule has 4 heteroatoms. The molecule has 0 aliphatic heterocycles. The van der Waals surface area contributed by atoms with Gasteiger partial charge in [0, 0.05) is 4.88 Å². The number of aryl methyl sites for hydroxylation is 1. The maximum Gasteiger partial charge on any atom is 0.122 e. The minimum Gasteiger partial charge on any atom is -0.386 e. The molecule has 0 aromatic carbocycles. The summed E-state index contributed by atoms with van der Waals surface area (Å²) in [7, 11) is 0. The highest BCUT2D eigenvalue weighted by atomic mass is 32.1. The Morgan fingerprint density at radius 2 is 2.14 bits per heavy atom. The van der Waals surface area contributed by atoms with Crippen LogP contribution in [0.15, 0.2) is 0 Å². The van der Waals surface area contributed by atoms with Crippen molar-refractivity contribution >= 4 is 11.3 Å². The summed E-state index contributed by atoms with van der Waals surface area (Å²) >= 11 is 1.58. The molecule has 1 aromatic heterocycles. The zero-order chi connectivity index (χ0) is 10.7. The van der Waals surface area contributed by atoms with Gasteiger partial charge in [-0.3, -0.25) is 0 Å². The number of nitrogens with two attached hydrogens (primary N) is 1. The van der Waals surface area contributed by atoms with Crippen LogP contribution in [0.1, 0.15) is 35.5 Å². The largest absolute Gasteiger partial charge is 0.386 e.